The lowest BCUT2D eigenvalue weighted by Crippen LogP contribution is -2.02. The lowest BCUT2D eigenvalue weighted by Gasteiger charge is -2.02. The monoisotopic (exact) mass is 311 g/mol. The quantitative estimate of drug-likeness (QED) is 0.665. The molecule has 0 amide bonds. The highest BCUT2D eigenvalue weighted by atomic mass is 32.2. The molecule has 0 aliphatic rings. The van der Waals surface area contributed by atoms with E-state index in [1.807, 2.05) is 0 Å². The number of unbranched alkanes of at least 4 members (excludes halogenated alkanes) is 2. The first-order chi connectivity index (χ1) is 9.69. The van der Waals surface area contributed by atoms with Crippen LogP contribution in [0.3, 0.4) is 0 Å². The van der Waals surface area contributed by atoms with Crippen LogP contribution in [0.4, 0.5) is 0 Å². The summed E-state index contributed by atoms with van der Waals surface area (Å²) in [6.45, 7) is 4.20. The third-order valence-electron chi connectivity index (χ3n) is 2.67. The minimum Gasteiger partial charge on any atom is -0.282 e. The Balaban J connectivity index is 2.50. The molecule has 1 heterocycles. The molecule has 110 valence electrons. The number of hydrogen-bond acceptors (Lipinski definition) is 5. The molecule has 0 N–H and O–H groups in total. The van der Waals surface area contributed by atoms with Crippen molar-refractivity contribution >= 4 is 33.8 Å². The summed E-state index contributed by atoms with van der Waals surface area (Å²) in [6.07, 6.45) is 5.74. The van der Waals surface area contributed by atoms with E-state index in [1.54, 1.807) is 12.1 Å². The molecule has 5 heteroatoms. The Morgan fingerprint density at radius 3 is 2.10 bits per heavy atom. The second kappa shape index (κ2) is 10.00. The third-order valence-corrected chi connectivity index (χ3v) is 4.63. The second-order valence-corrected chi connectivity index (χ2v) is 6.55. The number of carbonyl (C=O) groups excluding carboxylic acids is 2. The van der Waals surface area contributed by atoms with E-state index in [4.69, 9.17) is 0 Å². The highest BCUT2D eigenvalue weighted by Gasteiger charge is 2.11. The van der Waals surface area contributed by atoms with Crippen molar-refractivity contribution < 1.29 is 9.59 Å². The van der Waals surface area contributed by atoms with E-state index >= 15 is 0 Å². The van der Waals surface area contributed by atoms with Crippen molar-refractivity contribution in [3.8, 4) is 0 Å². The number of nitrogens with zero attached hydrogens (tertiary/aromatic N) is 1. The van der Waals surface area contributed by atoms with Gasteiger partial charge in [0.1, 0.15) is 5.69 Å². The molecular weight excluding hydrogens is 290 g/mol. The van der Waals surface area contributed by atoms with Gasteiger partial charge in [-0.3, -0.25) is 14.6 Å². The van der Waals surface area contributed by atoms with Gasteiger partial charge in [-0.25, -0.2) is 0 Å². The van der Waals surface area contributed by atoms with Gasteiger partial charge in [0.15, 0.2) is 0 Å². The second-order valence-electron chi connectivity index (χ2n) is 4.41. The van der Waals surface area contributed by atoms with E-state index in [2.05, 4.69) is 18.8 Å². The van der Waals surface area contributed by atoms with Crippen LogP contribution in [0.25, 0.3) is 0 Å². The maximum absolute atomic E-state index is 11.8. The van der Waals surface area contributed by atoms with Gasteiger partial charge in [-0.15, -0.1) is 0 Å². The highest BCUT2D eigenvalue weighted by Crippen LogP contribution is 2.16. The number of rotatable bonds is 8. The maximum Gasteiger partial charge on any atom is 0.237 e. The lowest BCUT2D eigenvalue weighted by molar-refractivity contribution is 0.107. The van der Waals surface area contributed by atoms with Crippen molar-refractivity contribution in [3.05, 3.63) is 29.6 Å². The normalized spacial score (nSPS) is 10.5. The molecule has 1 aromatic heterocycles. The summed E-state index contributed by atoms with van der Waals surface area (Å²) in [5.41, 5.74) is 1.00. The van der Waals surface area contributed by atoms with Gasteiger partial charge in [0.2, 0.25) is 10.2 Å². The Hall–Kier alpha value is -0.810. The number of aromatic nitrogens is 1. The molecule has 0 aromatic carbocycles. The summed E-state index contributed by atoms with van der Waals surface area (Å²) < 4.78 is 0. The fourth-order valence-corrected chi connectivity index (χ4v) is 3.20. The Kier molecular flexibility index (Phi) is 8.62. The van der Waals surface area contributed by atoms with E-state index < -0.39 is 0 Å². The van der Waals surface area contributed by atoms with Gasteiger partial charge in [-0.2, -0.15) is 0 Å². The largest absolute Gasteiger partial charge is 0.282 e. The predicted molar refractivity (Wildman–Crippen MR) is 87.6 cm³/mol. The lowest BCUT2D eigenvalue weighted by atomic mass is 10.3. The molecular formula is C15H21NO2S2. The summed E-state index contributed by atoms with van der Waals surface area (Å²) in [4.78, 5) is 27.8. The van der Waals surface area contributed by atoms with Crippen LogP contribution in [0.1, 0.15) is 60.4 Å². The summed E-state index contributed by atoms with van der Waals surface area (Å²) in [5, 5.41) is 0.0136. The fraction of sp³-hybridized carbons (Fsp3) is 0.533. The molecule has 20 heavy (non-hydrogen) atoms. The zero-order valence-electron chi connectivity index (χ0n) is 12.1. The maximum atomic E-state index is 11.8. The van der Waals surface area contributed by atoms with Crippen LogP contribution in [0.15, 0.2) is 18.3 Å². The van der Waals surface area contributed by atoms with Crippen LogP contribution in [-0.2, 0) is 0 Å². The van der Waals surface area contributed by atoms with Gasteiger partial charge >= 0.3 is 0 Å². The van der Waals surface area contributed by atoms with Crippen molar-refractivity contribution in [1.29, 1.82) is 0 Å². The van der Waals surface area contributed by atoms with Crippen LogP contribution in [-0.4, -0.2) is 26.7 Å². The topological polar surface area (TPSA) is 47.0 Å². The number of thioether (sulfide) groups is 2. The molecule has 3 nitrogen and oxygen atoms in total. The van der Waals surface area contributed by atoms with Crippen molar-refractivity contribution in [3.63, 3.8) is 0 Å². The first-order valence-electron chi connectivity index (χ1n) is 6.99. The van der Waals surface area contributed by atoms with E-state index in [-0.39, 0.29) is 10.2 Å². The average Bonchev–Trinajstić information content (AvgIpc) is 2.47. The van der Waals surface area contributed by atoms with Gasteiger partial charge in [-0.05, 0) is 25.0 Å². The molecule has 0 radical (unpaired) electrons. The number of carbonyl (C=O) groups is 2. The van der Waals surface area contributed by atoms with E-state index in [9.17, 15) is 9.59 Å². The van der Waals surface area contributed by atoms with E-state index in [1.165, 1.54) is 29.7 Å². The summed E-state index contributed by atoms with van der Waals surface area (Å²) >= 11 is 2.61. The van der Waals surface area contributed by atoms with Crippen molar-refractivity contribution in [2.24, 2.45) is 0 Å². The van der Waals surface area contributed by atoms with Crippen LogP contribution < -0.4 is 0 Å². The minimum absolute atomic E-state index is 0.0175. The minimum atomic E-state index is -0.0175. The number of pyridine rings is 1. The molecule has 1 aromatic rings. The van der Waals surface area contributed by atoms with Crippen molar-refractivity contribution in [2.45, 2.75) is 39.5 Å². The zero-order valence-corrected chi connectivity index (χ0v) is 13.7. The first kappa shape index (κ1) is 17.2. The summed E-state index contributed by atoms with van der Waals surface area (Å²) in [5.74, 6) is 1.66. The molecule has 0 atom stereocenters. The van der Waals surface area contributed by atoms with Crippen LogP contribution in [0, 0.1) is 0 Å². The summed E-state index contributed by atoms with van der Waals surface area (Å²) in [7, 11) is 0. The fourth-order valence-electron chi connectivity index (χ4n) is 1.41. The summed E-state index contributed by atoms with van der Waals surface area (Å²) in [6, 6.07) is 3.34. The zero-order chi connectivity index (χ0) is 14.8. The molecule has 0 aliphatic heterocycles. The SMILES string of the molecule is CCCCSC(=O)c1ccc(C(=O)SCCCC)nc1. The van der Waals surface area contributed by atoms with Gasteiger partial charge in [0.05, 0.1) is 0 Å². The molecule has 0 saturated heterocycles. The van der Waals surface area contributed by atoms with Crippen LogP contribution in [0.5, 0.6) is 0 Å². The van der Waals surface area contributed by atoms with Crippen LogP contribution >= 0.6 is 23.5 Å². The Labute approximate surface area is 129 Å². The molecule has 0 aliphatic carbocycles. The standard InChI is InChI=1S/C15H21NO2S2/c1-3-5-9-19-14(17)12-7-8-13(16-11-12)15(18)20-10-6-4-2/h7-8,11H,3-6,9-10H2,1-2H3. The number of hydrogen-bond donors (Lipinski definition) is 0. The third kappa shape index (κ3) is 6.09. The van der Waals surface area contributed by atoms with Crippen LogP contribution in [0.2, 0.25) is 0 Å². The molecule has 0 spiro atoms. The molecule has 0 saturated carbocycles. The van der Waals surface area contributed by atoms with Gasteiger partial charge in [0.25, 0.3) is 0 Å². The van der Waals surface area contributed by atoms with Gasteiger partial charge < -0.3 is 0 Å². The van der Waals surface area contributed by atoms with E-state index in [0.29, 0.717) is 11.3 Å². The van der Waals surface area contributed by atoms with Crippen molar-refractivity contribution in [1.82, 2.24) is 4.98 Å². The predicted octanol–water partition coefficient (Wildman–Crippen LogP) is 4.43. The molecule has 0 unspecified atom stereocenters. The Morgan fingerprint density at radius 2 is 1.60 bits per heavy atom. The molecule has 0 fully saturated rings. The smallest absolute Gasteiger partial charge is 0.237 e. The Morgan fingerprint density at radius 1 is 1.00 bits per heavy atom. The van der Waals surface area contributed by atoms with Crippen molar-refractivity contribution in [2.75, 3.05) is 11.5 Å². The first-order valence-corrected chi connectivity index (χ1v) is 8.96. The van der Waals surface area contributed by atoms with Gasteiger partial charge in [-0.1, -0.05) is 50.2 Å². The molecule has 1 rings (SSSR count). The average molecular weight is 311 g/mol. The highest BCUT2D eigenvalue weighted by molar-refractivity contribution is 8.14. The Bertz CT molecular complexity index is 391. The van der Waals surface area contributed by atoms with Gasteiger partial charge in [0, 0.05) is 23.3 Å². The molecule has 0 bridgehead atoms. The van der Waals surface area contributed by atoms with E-state index in [0.717, 1.165) is 37.2 Å².